The predicted octanol–water partition coefficient (Wildman–Crippen LogP) is 1.03. The summed E-state index contributed by atoms with van der Waals surface area (Å²) in [6.45, 7) is 7.51. The van der Waals surface area contributed by atoms with E-state index >= 15 is 0 Å². The summed E-state index contributed by atoms with van der Waals surface area (Å²) in [5, 5.41) is 0. The third-order valence-corrected chi connectivity index (χ3v) is 5.52. The molecule has 2 aromatic rings. The Morgan fingerprint density at radius 3 is 2.21 bits per heavy atom. The monoisotopic (exact) mass is 394 g/mol. The van der Waals surface area contributed by atoms with Gasteiger partial charge < -0.3 is 19.6 Å². The molecule has 2 aliphatic rings. The molecule has 29 heavy (non-hydrogen) atoms. The van der Waals surface area contributed by atoms with Crippen molar-refractivity contribution < 1.29 is 9.59 Å². The van der Waals surface area contributed by atoms with Crippen molar-refractivity contribution in [1.29, 1.82) is 0 Å². The van der Waals surface area contributed by atoms with E-state index < -0.39 is 0 Å². The van der Waals surface area contributed by atoms with Crippen LogP contribution in [0.2, 0.25) is 0 Å². The molecule has 2 aliphatic heterocycles. The first-order valence-electron chi connectivity index (χ1n) is 10.0. The van der Waals surface area contributed by atoms with Crippen LogP contribution in [0.25, 0.3) is 0 Å². The van der Waals surface area contributed by atoms with Crippen molar-refractivity contribution in [3.63, 3.8) is 0 Å². The quantitative estimate of drug-likeness (QED) is 0.721. The number of anilines is 2. The number of hydrogen-bond donors (Lipinski definition) is 0. The molecule has 0 unspecified atom stereocenters. The normalized spacial score (nSPS) is 17.4. The average molecular weight is 394 g/mol. The molecule has 2 fully saturated rings. The number of carbonyl (C=O) groups is 2. The number of para-hydroxylation sites is 1. The van der Waals surface area contributed by atoms with Crippen LogP contribution in [0.4, 0.5) is 11.5 Å². The van der Waals surface area contributed by atoms with Gasteiger partial charge in [0.05, 0.1) is 0 Å². The van der Waals surface area contributed by atoms with Crippen LogP contribution in [-0.2, 0) is 4.79 Å². The Kier molecular flexibility index (Phi) is 5.59. The first kappa shape index (κ1) is 19.2. The lowest BCUT2D eigenvalue weighted by atomic mass is 10.2. The standard InChI is InChI=1S/C21H26N6O2/c1-17-22-19(15-20(23-17)26-9-7-24(16-28)8-10-26)21(29)27-13-11-25(12-14-27)18-5-3-2-4-6-18/h2-6,15-16H,7-14H2,1H3. The first-order chi connectivity index (χ1) is 14.1. The number of nitrogens with zero attached hydrogens (tertiary/aromatic N) is 6. The maximum Gasteiger partial charge on any atom is 0.272 e. The fourth-order valence-corrected chi connectivity index (χ4v) is 3.85. The highest BCUT2D eigenvalue weighted by Crippen LogP contribution is 2.19. The molecule has 0 aliphatic carbocycles. The molecule has 4 rings (SSSR count). The van der Waals surface area contributed by atoms with Crippen LogP contribution in [0.1, 0.15) is 16.3 Å². The van der Waals surface area contributed by atoms with Gasteiger partial charge >= 0.3 is 0 Å². The SMILES string of the molecule is Cc1nc(C(=O)N2CCN(c3ccccc3)CC2)cc(N2CCN(C=O)CC2)n1. The number of aromatic nitrogens is 2. The van der Waals surface area contributed by atoms with Crippen molar-refractivity contribution in [1.82, 2.24) is 19.8 Å². The summed E-state index contributed by atoms with van der Waals surface area (Å²) in [7, 11) is 0. The highest BCUT2D eigenvalue weighted by molar-refractivity contribution is 5.93. The van der Waals surface area contributed by atoms with Crippen LogP contribution in [-0.4, -0.2) is 84.4 Å². The molecule has 1 aromatic heterocycles. The van der Waals surface area contributed by atoms with E-state index in [4.69, 9.17) is 0 Å². The maximum absolute atomic E-state index is 13.1. The highest BCUT2D eigenvalue weighted by atomic mass is 16.2. The lowest BCUT2D eigenvalue weighted by molar-refractivity contribution is -0.118. The first-order valence-corrected chi connectivity index (χ1v) is 10.0. The molecule has 1 aromatic carbocycles. The molecule has 2 amide bonds. The number of hydrogen-bond acceptors (Lipinski definition) is 6. The van der Waals surface area contributed by atoms with Crippen molar-refractivity contribution in [2.24, 2.45) is 0 Å². The Bertz CT molecular complexity index is 859. The zero-order valence-electron chi connectivity index (χ0n) is 16.7. The number of benzene rings is 1. The van der Waals surface area contributed by atoms with Gasteiger partial charge in [0.1, 0.15) is 17.3 Å². The number of aryl methyl sites for hydroxylation is 1. The van der Waals surface area contributed by atoms with Crippen LogP contribution in [0.15, 0.2) is 36.4 Å². The van der Waals surface area contributed by atoms with E-state index in [1.54, 1.807) is 11.0 Å². The molecule has 0 atom stereocenters. The number of rotatable bonds is 4. The Labute approximate surface area is 170 Å². The molecular formula is C21H26N6O2. The molecule has 0 bridgehead atoms. The van der Waals surface area contributed by atoms with Gasteiger partial charge in [0, 0.05) is 64.1 Å². The Hall–Kier alpha value is -3.16. The molecule has 0 spiro atoms. The Balaban J connectivity index is 1.43. The second-order valence-corrected chi connectivity index (χ2v) is 7.40. The summed E-state index contributed by atoms with van der Waals surface area (Å²) in [5.74, 6) is 1.30. The maximum atomic E-state index is 13.1. The van der Waals surface area contributed by atoms with Crippen LogP contribution in [0, 0.1) is 6.92 Å². The van der Waals surface area contributed by atoms with Crippen LogP contribution in [0.5, 0.6) is 0 Å². The minimum absolute atomic E-state index is 0.0454. The minimum atomic E-state index is -0.0454. The average Bonchev–Trinajstić information content (AvgIpc) is 2.79. The zero-order valence-corrected chi connectivity index (χ0v) is 16.7. The van der Waals surface area contributed by atoms with Crippen molar-refractivity contribution in [2.75, 3.05) is 62.2 Å². The molecule has 0 radical (unpaired) electrons. The van der Waals surface area contributed by atoms with Gasteiger partial charge in [0.2, 0.25) is 6.41 Å². The van der Waals surface area contributed by atoms with Gasteiger partial charge in [-0.05, 0) is 19.1 Å². The molecule has 8 heteroatoms. The van der Waals surface area contributed by atoms with Gasteiger partial charge in [0.15, 0.2) is 0 Å². The summed E-state index contributed by atoms with van der Waals surface area (Å²) in [5.41, 5.74) is 1.63. The highest BCUT2D eigenvalue weighted by Gasteiger charge is 2.25. The molecular weight excluding hydrogens is 368 g/mol. The molecule has 8 nitrogen and oxygen atoms in total. The van der Waals surface area contributed by atoms with Crippen LogP contribution in [0.3, 0.4) is 0 Å². The largest absolute Gasteiger partial charge is 0.368 e. The third-order valence-electron chi connectivity index (χ3n) is 5.52. The molecule has 3 heterocycles. The van der Waals surface area contributed by atoms with Crippen molar-refractivity contribution in [2.45, 2.75) is 6.92 Å². The van der Waals surface area contributed by atoms with Gasteiger partial charge in [-0.25, -0.2) is 9.97 Å². The minimum Gasteiger partial charge on any atom is -0.368 e. The second kappa shape index (κ2) is 8.46. The van der Waals surface area contributed by atoms with E-state index in [9.17, 15) is 9.59 Å². The summed E-state index contributed by atoms with van der Waals surface area (Å²) < 4.78 is 0. The van der Waals surface area contributed by atoms with Gasteiger partial charge in [-0.15, -0.1) is 0 Å². The number of piperazine rings is 2. The smallest absolute Gasteiger partial charge is 0.272 e. The summed E-state index contributed by atoms with van der Waals surface area (Å²) >= 11 is 0. The fraction of sp³-hybridized carbons (Fsp3) is 0.429. The van der Waals surface area contributed by atoms with E-state index in [2.05, 4.69) is 31.9 Å². The van der Waals surface area contributed by atoms with Crippen molar-refractivity contribution in [3.8, 4) is 0 Å². The summed E-state index contributed by atoms with van der Waals surface area (Å²) in [6, 6.07) is 12.1. The van der Waals surface area contributed by atoms with Crippen LogP contribution >= 0.6 is 0 Å². The Morgan fingerprint density at radius 1 is 0.897 bits per heavy atom. The van der Waals surface area contributed by atoms with E-state index in [0.29, 0.717) is 50.8 Å². The summed E-state index contributed by atoms with van der Waals surface area (Å²) in [6.07, 6.45) is 0.882. The zero-order chi connectivity index (χ0) is 20.2. The fourth-order valence-electron chi connectivity index (χ4n) is 3.85. The van der Waals surface area contributed by atoms with Crippen LogP contribution < -0.4 is 9.80 Å². The second-order valence-electron chi connectivity index (χ2n) is 7.40. The van der Waals surface area contributed by atoms with Gasteiger partial charge in [-0.2, -0.15) is 0 Å². The molecule has 152 valence electrons. The molecule has 0 N–H and O–H groups in total. The molecule has 2 saturated heterocycles. The van der Waals surface area contributed by atoms with Crippen molar-refractivity contribution >= 4 is 23.8 Å². The number of carbonyl (C=O) groups excluding carboxylic acids is 2. The van der Waals surface area contributed by atoms with E-state index in [1.165, 1.54) is 5.69 Å². The van der Waals surface area contributed by atoms with Gasteiger partial charge in [0.25, 0.3) is 5.91 Å². The Morgan fingerprint density at radius 2 is 1.55 bits per heavy atom. The third kappa shape index (κ3) is 4.31. The van der Waals surface area contributed by atoms with Gasteiger partial charge in [-0.1, -0.05) is 18.2 Å². The summed E-state index contributed by atoms with van der Waals surface area (Å²) in [4.78, 5) is 40.9. The lowest BCUT2D eigenvalue weighted by Gasteiger charge is -2.36. The molecule has 0 saturated carbocycles. The lowest BCUT2D eigenvalue weighted by Crippen LogP contribution is -2.49. The topological polar surface area (TPSA) is 72.9 Å². The van der Waals surface area contributed by atoms with E-state index in [-0.39, 0.29) is 5.91 Å². The predicted molar refractivity (Wildman–Crippen MR) is 111 cm³/mol. The van der Waals surface area contributed by atoms with Crippen molar-refractivity contribution in [3.05, 3.63) is 47.9 Å². The van der Waals surface area contributed by atoms with E-state index in [1.807, 2.05) is 30.0 Å². The number of amides is 2. The van der Waals surface area contributed by atoms with E-state index in [0.717, 1.165) is 25.3 Å². The van der Waals surface area contributed by atoms with Gasteiger partial charge in [-0.3, -0.25) is 9.59 Å².